The van der Waals surface area contributed by atoms with E-state index in [1.54, 1.807) is 0 Å². The van der Waals surface area contributed by atoms with Gasteiger partial charge in [-0.2, -0.15) is 11.1 Å². The molecule has 1 atom stereocenters. The molecule has 3 heteroatoms. The molecule has 0 fully saturated rings. The van der Waals surface area contributed by atoms with E-state index in [9.17, 15) is 0 Å². The lowest BCUT2D eigenvalue weighted by atomic mass is 10.3. The standard InChI is InChI=1S/C9H22ClNSi/c1-4-11(5-2)8-6-7-9-12(3)10/h12H,4-9H2,1-3H3. The molecule has 0 bridgehead atoms. The summed E-state index contributed by atoms with van der Waals surface area (Å²) in [5.41, 5.74) is 0. The lowest BCUT2D eigenvalue weighted by Crippen LogP contribution is -2.23. The van der Waals surface area contributed by atoms with Gasteiger partial charge in [-0.1, -0.05) is 26.8 Å². The van der Waals surface area contributed by atoms with Gasteiger partial charge in [-0.25, -0.2) is 0 Å². The molecule has 1 unspecified atom stereocenters. The fourth-order valence-corrected chi connectivity index (χ4v) is 2.61. The molecule has 0 amide bonds. The van der Waals surface area contributed by atoms with Crippen LogP contribution in [0, 0.1) is 0 Å². The second kappa shape index (κ2) is 8.08. The summed E-state index contributed by atoms with van der Waals surface area (Å²) < 4.78 is 0. The van der Waals surface area contributed by atoms with Gasteiger partial charge in [0.05, 0.1) is 0 Å². The fourth-order valence-electron chi connectivity index (χ4n) is 1.30. The molecule has 0 spiro atoms. The van der Waals surface area contributed by atoms with Crippen LogP contribution in [0.4, 0.5) is 0 Å². The molecule has 0 radical (unpaired) electrons. The monoisotopic (exact) mass is 207 g/mol. The smallest absolute Gasteiger partial charge is 0.138 e. The molecule has 12 heavy (non-hydrogen) atoms. The number of unbranched alkanes of at least 4 members (excludes halogenated alkanes) is 1. The predicted molar refractivity (Wildman–Crippen MR) is 60.7 cm³/mol. The Morgan fingerprint density at radius 2 is 1.75 bits per heavy atom. The van der Waals surface area contributed by atoms with Crippen molar-refractivity contribution in [2.75, 3.05) is 19.6 Å². The third-order valence-corrected chi connectivity index (χ3v) is 4.08. The van der Waals surface area contributed by atoms with E-state index in [-0.39, 0.29) is 0 Å². The number of halogens is 1. The predicted octanol–water partition coefficient (Wildman–Crippen LogP) is 2.70. The van der Waals surface area contributed by atoms with Gasteiger partial charge in [0, 0.05) is 0 Å². The lowest BCUT2D eigenvalue weighted by molar-refractivity contribution is 0.299. The van der Waals surface area contributed by atoms with Crippen molar-refractivity contribution in [2.24, 2.45) is 0 Å². The highest BCUT2D eigenvalue weighted by atomic mass is 35.6. The molecule has 74 valence electrons. The average molecular weight is 208 g/mol. The van der Waals surface area contributed by atoms with Gasteiger partial charge in [0.25, 0.3) is 0 Å². The first-order valence-electron chi connectivity index (χ1n) is 5.07. The minimum absolute atomic E-state index is 0.798. The zero-order valence-corrected chi connectivity index (χ0v) is 10.6. The van der Waals surface area contributed by atoms with E-state index in [2.05, 4.69) is 25.3 Å². The van der Waals surface area contributed by atoms with Crippen molar-refractivity contribution < 1.29 is 0 Å². The summed E-state index contributed by atoms with van der Waals surface area (Å²) in [5.74, 6) is 0. The van der Waals surface area contributed by atoms with Crippen LogP contribution in [-0.4, -0.2) is 32.6 Å². The minimum atomic E-state index is -0.798. The first kappa shape index (κ1) is 12.5. The van der Waals surface area contributed by atoms with Crippen LogP contribution in [-0.2, 0) is 0 Å². The maximum Gasteiger partial charge on any atom is 0.138 e. The summed E-state index contributed by atoms with van der Waals surface area (Å²) in [7, 11) is -0.798. The molecule has 0 saturated carbocycles. The van der Waals surface area contributed by atoms with Crippen molar-refractivity contribution in [1.82, 2.24) is 4.90 Å². The van der Waals surface area contributed by atoms with E-state index >= 15 is 0 Å². The number of nitrogens with zero attached hydrogens (tertiary/aromatic N) is 1. The van der Waals surface area contributed by atoms with Gasteiger partial charge in [0.2, 0.25) is 0 Å². The van der Waals surface area contributed by atoms with Crippen LogP contribution in [0.3, 0.4) is 0 Å². The van der Waals surface area contributed by atoms with Crippen molar-refractivity contribution in [3.05, 3.63) is 0 Å². The molecule has 1 nitrogen and oxygen atoms in total. The van der Waals surface area contributed by atoms with Crippen molar-refractivity contribution in [2.45, 2.75) is 39.3 Å². The zero-order valence-electron chi connectivity index (χ0n) is 8.65. The Hall–Kier alpha value is 0.467. The third kappa shape index (κ3) is 7.13. The first-order valence-corrected chi connectivity index (χ1v) is 8.78. The third-order valence-electron chi connectivity index (χ3n) is 2.22. The molecule has 0 aromatic heterocycles. The topological polar surface area (TPSA) is 3.24 Å². The van der Waals surface area contributed by atoms with Crippen LogP contribution < -0.4 is 0 Å². The van der Waals surface area contributed by atoms with Gasteiger partial charge in [-0.05, 0) is 32.1 Å². The molecule has 0 N–H and O–H groups in total. The molecule has 0 aliphatic rings. The highest BCUT2D eigenvalue weighted by molar-refractivity contribution is 7.06. The molecule has 0 aliphatic carbocycles. The highest BCUT2D eigenvalue weighted by Crippen LogP contribution is 2.05. The molecule has 0 aromatic rings. The van der Waals surface area contributed by atoms with Crippen molar-refractivity contribution in [3.8, 4) is 0 Å². The van der Waals surface area contributed by atoms with Gasteiger partial charge >= 0.3 is 0 Å². The summed E-state index contributed by atoms with van der Waals surface area (Å²) in [4.78, 5) is 2.47. The van der Waals surface area contributed by atoms with E-state index in [1.807, 2.05) is 0 Å². The Morgan fingerprint density at radius 1 is 1.17 bits per heavy atom. The van der Waals surface area contributed by atoms with Crippen molar-refractivity contribution in [1.29, 1.82) is 0 Å². The minimum Gasteiger partial charge on any atom is -0.304 e. The maximum absolute atomic E-state index is 5.99. The Bertz CT molecular complexity index is 94.5. The van der Waals surface area contributed by atoms with Crippen LogP contribution in [0.2, 0.25) is 12.6 Å². The summed E-state index contributed by atoms with van der Waals surface area (Å²) in [6, 6.07) is 1.29. The Morgan fingerprint density at radius 3 is 2.17 bits per heavy atom. The summed E-state index contributed by atoms with van der Waals surface area (Å²) in [6.45, 7) is 10.3. The summed E-state index contributed by atoms with van der Waals surface area (Å²) in [5, 5.41) is 0. The van der Waals surface area contributed by atoms with Crippen molar-refractivity contribution >= 4 is 19.2 Å². The second-order valence-electron chi connectivity index (χ2n) is 3.30. The molecule has 0 aliphatic heterocycles. The normalized spacial score (nSPS) is 13.8. The number of hydrogen-bond donors (Lipinski definition) is 0. The van der Waals surface area contributed by atoms with E-state index in [0.29, 0.717) is 0 Å². The Balaban J connectivity index is 3.17. The summed E-state index contributed by atoms with van der Waals surface area (Å²) in [6.07, 6.45) is 2.65. The molecular formula is C9H22ClNSi. The molecule has 0 aromatic carbocycles. The Kier molecular flexibility index (Phi) is 8.40. The van der Waals surface area contributed by atoms with Crippen molar-refractivity contribution in [3.63, 3.8) is 0 Å². The molecular weight excluding hydrogens is 186 g/mol. The van der Waals surface area contributed by atoms with Crippen LogP contribution >= 0.6 is 11.1 Å². The Labute approximate surface area is 83.4 Å². The van der Waals surface area contributed by atoms with Crippen LogP contribution in [0.5, 0.6) is 0 Å². The van der Waals surface area contributed by atoms with E-state index in [1.165, 1.54) is 38.5 Å². The molecule has 0 heterocycles. The van der Waals surface area contributed by atoms with E-state index in [0.717, 1.165) is 0 Å². The molecule has 0 saturated heterocycles. The van der Waals surface area contributed by atoms with Gasteiger partial charge < -0.3 is 4.90 Å². The van der Waals surface area contributed by atoms with Gasteiger partial charge in [0.15, 0.2) is 0 Å². The van der Waals surface area contributed by atoms with E-state index < -0.39 is 8.11 Å². The van der Waals surface area contributed by atoms with Gasteiger partial charge in [0.1, 0.15) is 8.11 Å². The van der Waals surface area contributed by atoms with Gasteiger partial charge in [-0.3, -0.25) is 0 Å². The number of rotatable bonds is 7. The maximum atomic E-state index is 5.99. The average Bonchev–Trinajstić information content (AvgIpc) is 2.04. The lowest BCUT2D eigenvalue weighted by Gasteiger charge is -2.17. The van der Waals surface area contributed by atoms with Crippen LogP contribution in [0.1, 0.15) is 26.7 Å². The van der Waals surface area contributed by atoms with Crippen LogP contribution in [0.15, 0.2) is 0 Å². The highest BCUT2D eigenvalue weighted by Gasteiger charge is 2.00. The SMILES string of the molecule is CCN(CC)CCCC[SiH](C)Cl. The first-order chi connectivity index (χ1) is 5.70. The second-order valence-corrected chi connectivity index (χ2v) is 7.68. The molecule has 0 rings (SSSR count). The fraction of sp³-hybridized carbons (Fsp3) is 1.00. The number of hydrogen-bond acceptors (Lipinski definition) is 1. The zero-order chi connectivity index (χ0) is 9.40. The quantitative estimate of drug-likeness (QED) is 0.353. The largest absolute Gasteiger partial charge is 0.304 e. The summed E-state index contributed by atoms with van der Waals surface area (Å²) >= 11 is 5.99. The van der Waals surface area contributed by atoms with E-state index in [4.69, 9.17) is 11.1 Å². The van der Waals surface area contributed by atoms with Crippen LogP contribution in [0.25, 0.3) is 0 Å². The van der Waals surface area contributed by atoms with Gasteiger partial charge in [-0.15, -0.1) is 0 Å².